The van der Waals surface area contributed by atoms with Gasteiger partial charge in [-0.2, -0.15) is 0 Å². The first kappa shape index (κ1) is 20.1. The van der Waals surface area contributed by atoms with Crippen molar-refractivity contribution in [3.8, 4) is 11.1 Å². The quantitative estimate of drug-likeness (QED) is 0.651. The second-order valence-corrected chi connectivity index (χ2v) is 17.0. The third-order valence-electron chi connectivity index (χ3n) is 3.37. The highest BCUT2D eigenvalue weighted by Gasteiger charge is 2.22. The fourth-order valence-corrected chi connectivity index (χ4v) is 3.62. The zero-order valence-electron chi connectivity index (χ0n) is 16.3. The molecule has 0 atom stereocenters. The average molecular weight is 387 g/mol. The van der Waals surface area contributed by atoms with Gasteiger partial charge in [0.05, 0.1) is 11.1 Å². The Morgan fingerprint density at radius 1 is 0.577 bits per heavy atom. The fourth-order valence-electron chi connectivity index (χ4n) is 2.27. The largest absolute Gasteiger partial charge is 0.516 e. The minimum absolute atomic E-state index is 0.278. The predicted octanol–water partition coefficient (Wildman–Crippen LogP) is 5.34. The number of hydrogen-bond donors (Lipinski definition) is 0. The molecule has 0 aliphatic carbocycles. The first-order chi connectivity index (χ1) is 11.9. The lowest BCUT2D eigenvalue weighted by Gasteiger charge is -2.17. The summed E-state index contributed by atoms with van der Waals surface area (Å²) in [5.41, 5.74) is 3.04. The Morgan fingerprint density at radius 2 is 0.846 bits per heavy atom. The van der Waals surface area contributed by atoms with Gasteiger partial charge in [-0.05, 0) is 74.7 Å². The SMILES string of the molecule is C[Si](C)(C)OC(=O)c1ccc(-c2ccc(C(=O)O[Si](C)(C)C)cc2)cc1. The maximum atomic E-state index is 12.1. The summed E-state index contributed by atoms with van der Waals surface area (Å²) in [5, 5.41) is 0. The van der Waals surface area contributed by atoms with Crippen molar-refractivity contribution in [3.63, 3.8) is 0 Å². The second kappa shape index (κ2) is 7.59. The van der Waals surface area contributed by atoms with Crippen LogP contribution in [0.5, 0.6) is 0 Å². The zero-order valence-corrected chi connectivity index (χ0v) is 18.3. The molecule has 26 heavy (non-hydrogen) atoms. The molecule has 6 heteroatoms. The lowest BCUT2D eigenvalue weighted by Crippen LogP contribution is -2.29. The van der Waals surface area contributed by atoms with Gasteiger partial charge in [-0.25, -0.2) is 9.59 Å². The standard InChI is InChI=1S/C20H26O4Si2/c1-25(2,3)23-19(21)17-11-7-15(8-12-17)16-9-13-18(14-10-16)20(22)24-26(4,5)6/h7-14H,1-6H3. The Morgan fingerprint density at radius 3 is 1.08 bits per heavy atom. The van der Waals surface area contributed by atoms with Crippen LogP contribution in [0.2, 0.25) is 39.3 Å². The molecule has 0 aliphatic rings. The van der Waals surface area contributed by atoms with Crippen molar-refractivity contribution >= 4 is 28.6 Å². The number of rotatable bonds is 5. The summed E-state index contributed by atoms with van der Waals surface area (Å²) >= 11 is 0. The molecule has 0 N–H and O–H groups in total. The van der Waals surface area contributed by atoms with E-state index in [1.54, 1.807) is 24.3 Å². The van der Waals surface area contributed by atoms with E-state index in [9.17, 15) is 9.59 Å². The Balaban J connectivity index is 2.12. The summed E-state index contributed by atoms with van der Waals surface area (Å²) in [7, 11) is -3.81. The molecule has 0 aromatic heterocycles. The van der Waals surface area contributed by atoms with Gasteiger partial charge in [0.1, 0.15) is 0 Å². The molecule has 2 rings (SSSR count). The first-order valence-electron chi connectivity index (χ1n) is 8.62. The monoisotopic (exact) mass is 386 g/mol. The van der Waals surface area contributed by atoms with Crippen molar-refractivity contribution in [3.05, 3.63) is 59.7 Å². The van der Waals surface area contributed by atoms with Gasteiger partial charge in [0, 0.05) is 0 Å². The smallest absolute Gasteiger partial charge is 0.324 e. The van der Waals surface area contributed by atoms with Gasteiger partial charge in [0.2, 0.25) is 16.6 Å². The van der Waals surface area contributed by atoms with Crippen molar-refractivity contribution < 1.29 is 18.4 Å². The Kier molecular flexibility index (Phi) is 5.88. The van der Waals surface area contributed by atoms with Crippen LogP contribution in [0.15, 0.2) is 48.5 Å². The molecule has 0 fully saturated rings. The normalized spacial score (nSPS) is 11.8. The molecular formula is C20H26O4Si2. The second-order valence-electron chi connectivity index (χ2n) is 8.16. The van der Waals surface area contributed by atoms with Crippen LogP contribution in [0.3, 0.4) is 0 Å². The fraction of sp³-hybridized carbons (Fsp3) is 0.300. The lowest BCUT2D eigenvalue weighted by atomic mass is 10.0. The van der Waals surface area contributed by atoms with Gasteiger partial charge < -0.3 is 8.85 Å². The van der Waals surface area contributed by atoms with Gasteiger partial charge in [-0.3, -0.25) is 0 Å². The highest BCUT2D eigenvalue weighted by Crippen LogP contribution is 2.22. The summed E-state index contributed by atoms with van der Waals surface area (Å²) in [4.78, 5) is 24.2. The first-order valence-corrected chi connectivity index (χ1v) is 15.4. The molecule has 0 radical (unpaired) electrons. The van der Waals surface area contributed by atoms with Crippen LogP contribution in [0.4, 0.5) is 0 Å². The predicted molar refractivity (Wildman–Crippen MR) is 109 cm³/mol. The van der Waals surface area contributed by atoms with E-state index in [0.29, 0.717) is 11.1 Å². The number of carbonyl (C=O) groups excluding carboxylic acids is 2. The number of benzene rings is 2. The molecule has 0 spiro atoms. The van der Waals surface area contributed by atoms with E-state index in [4.69, 9.17) is 8.85 Å². The molecule has 0 bridgehead atoms. The summed E-state index contributed by atoms with van der Waals surface area (Å²) < 4.78 is 11.0. The van der Waals surface area contributed by atoms with Crippen LogP contribution in [-0.4, -0.2) is 28.6 Å². The van der Waals surface area contributed by atoms with Crippen LogP contribution in [0, 0.1) is 0 Å². The van der Waals surface area contributed by atoms with E-state index in [2.05, 4.69) is 0 Å². The third kappa shape index (κ3) is 5.96. The van der Waals surface area contributed by atoms with Gasteiger partial charge >= 0.3 is 11.9 Å². The summed E-state index contributed by atoms with van der Waals surface area (Å²) in [6, 6.07) is 14.6. The molecule has 0 saturated heterocycles. The Labute approximate surface area is 157 Å². The van der Waals surface area contributed by atoms with Gasteiger partial charge in [-0.15, -0.1) is 0 Å². The highest BCUT2D eigenvalue weighted by atomic mass is 28.4. The Bertz CT molecular complexity index is 713. The van der Waals surface area contributed by atoms with Crippen molar-refractivity contribution in [1.29, 1.82) is 0 Å². The minimum atomic E-state index is -1.91. The molecule has 0 unspecified atom stereocenters. The minimum Gasteiger partial charge on any atom is -0.516 e. The third-order valence-corrected chi connectivity index (χ3v) is 4.97. The molecular weight excluding hydrogens is 360 g/mol. The molecule has 2 aromatic rings. The summed E-state index contributed by atoms with van der Waals surface area (Å²) in [6.07, 6.45) is 0. The van der Waals surface area contributed by atoms with Gasteiger partial charge in [-0.1, -0.05) is 24.3 Å². The number of carbonyl (C=O) groups is 2. The molecule has 0 aliphatic heterocycles. The lowest BCUT2D eigenvalue weighted by molar-refractivity contribution is 0.0714. The van der Waals surface area contributed by atoms with Crippen molar-refractivity contribution in [2.24, 2.45) is 0 Å². The van der Waals surface area contributed by atoms with E-state index >= 15 is 0 Å². The number of hydrogen-bond acceptors (Lipinski definition) is 4. The van der Waals surface area contributed by atoms with Crippen LogP contribution >= 0.6 is 0 Å². The van der Waals surface area contributed by atoms with E-state index in [-0.39, 0.29) is 11.9 Å². The average Bonchev–Trinajstić information content (AvgIpc) is 2.52. The van der Waals surface area contributed by atoms with E-state index in [0.717, 1.165) is 11.1 Å². The van der Waals surface area contributed by atoms with Crippen LogP contribution in [0.1, 0.15) is 20.7 Å². The van der Waals surface area contributed by atoms with Crippen molar-refractivity contribution in [1.82, 2.24) is 0 Å². The van der Waals surface area contributed by atoms with E-state index in [1.807, 2.05) is 63.5 Å². The van der Waals surface area contributed by atoms with Gasteiger partial charge in [0.15, 0.2) is 0 Å². The molecule has 4 nitrogen and oxygen atoms in total. The Hall–Kier alpha value is -2.19. The van der Waals surface area contributed by atoms with E-state index < -0.39 is 16.6 Å². The van der Waals surface area contributed by atoms with Gasteiger partial charge in [0.25, 0.3) is 0 Å². The summed E-state index contributed by atoms with van der Waals surface area (Å²) in [6.45, 7) is 11.9. The van der Waals surface area contributed by atoms with Crippen LogP contribution < -0.4 is 0 Å². The summed E-state index contributed by atoms with van der Waals surface area (Å²) in [5.74, 6) is -0.555. The highest BCUT2D eigenvalue weighted by molar-refractivity contribution is 6.71. The van der Waals surface area contributed by atoms with Crippen molar-refractivity contribution in [2.75, 3.05) is 0 Å². The maximum Gasteiger partial charge on any atom is 0.324 e. The maximum absolute atomic E-state index is 12.1. The van der Waals surface area contributed by atoms with E-state index in [1.165, 1.54) is 0 Å². The van der Waals surface area contributed by atoms with Crippen LogP contribution in [-0.2, 0) is 8.85 Å². The van der Waals surface area contributed by atoms with Crippen LogP contribution in [0.25, 0.3) is 11.1 Å². The van der Waals surface area contributed by atoms with Crippen molar-refractivity contribution in [2.45, 2.75) is 39.3 Å². The zero-order chi connectivity index (χ0) is 19.5. The molecule has 0 saturated carbocycles. The topological polar surface area (TPSA) is 52.6 Å². The molecule has 0 amide bonds. The molecule has 0 heterocycles. The molecule has 2 aromatic carbocycles. The molecule has 138 valence electrons.